The Morgan fingerprint density at radius 2 is 2.13 bits per heavy atom. The average molecular weight is 271 g/mol. The maximum Gasteiger partial charge on any atom is 0.0410 e. The molecule has 0 spiro atoms. The highest BCUT2D eigenvalue weighted by Crippen LogP contribution is 2.11. The largest absolute Gasteiger partial charge is 0.302 e. The van der Waals surface area contributed by atoms with Crippen molar-refractivity contribution >= 4 is 15.9 Å². The van der Waals surface area contributed by atoms with Gasteiger partial charge in [-0.2, -0.15) is 0 Å². The van der Waals surface area contributed by atoms with Crippen molar-refractivity contribution in [2.24, 2.45) is 0 Å². The third-order valence-electron chi connectivity index (χ3n) is 2.36. The normalized spacial score (nSPS) is 10.9. The van der Waals surface area contributed by atoms with Gasteiger partial charge in [-0.1, -0.05) is 19.8 Å². The molecule has 0 aliphatic carbocycles. The maximum atomic E-state index is 4.16. The highest BCUT2D eigenvalue weighted by molar-refractivity contribution is 9.10. The maximum absolute atomic E-state index is 4.16. The van der Waals surface area contributed by atoms with Crippen molar-refractivity contribution in [2.75, 3.05) is 13.6 Å². The van der Waals surface area contributed by atoms with Crippen molar-refractivity contribution in [3.8, 4) is 0 Å². The molecule has 84 valence electrons. The molecule has 0 aliphatic heterocycles. The molecule has 0 atom stereocenters. The Bertz CT molecular complexity index is 289. The number of hydrogen-bond donors (Lipinski definition) is 0. The Hall–Kier alpha value is -0.410. The molecule has 0 radical (unpaired) electrons. The van der Waals surface area contributed by atoms with E-state index in [1.54, 1.807) is 0 Å². The van der Waals surface area contributed by atoms with Gasteiger partial charge >= 0.3 is 0 Å². The minimum atomic E-state index is 0.982. The van der Waals surface area contributed by atoms with Gasteiger partial charge in [0, 0.05) is 23.4 Å². The molecule has 0 fully saturated rings. The van der Waals surface area contributed by atoms with E-state index >= 15 is 0 Å². The summed E-state index contributed by atoms with van der Waals surface area (Å²) < 4.78 is 1.06. The van der Waals surface area contributed by atoms with Crippen LogP contribution in [0.1, 0.15) is 31.7 Å². The van der Waals surface area contributed by atoms with Gasteiger partial charge in [0.05, 0.1) is 0 Å². The second-order valence-corrected chi connectivity index (χ2v) is 4.87. The van der Waals surface area contributed by atoms with Crippen LogP contribution in [0.2, 0.25) is 0 Å². The summed E-state index contributed by atoms with van der Waals surface area (Å²) in [5.41, 5.74) is 1.27. The lowest BCUT2D eigenvalue weighted by Gasteiger charge is -2.16. The summed E-state index contributed by atoms with van der Waals surface area (Å²) in [6, 6.07) is 2.13. The molecule has 15 heavy (non-hydrogen) atoms. The zero-order valence-corrected chi connectivity index (χ0v) is 11.1. The van der Waals surface area contributed by atoms with Crippen LogP contribution < -0.4 is 0 Å². The molecule has 0 amide bonds. The van der Waals surface area contributed by atoms with Gasteiger partial charge in [0.1, 0.15) is 0 Å². The van der Waals surface area contributed by atoms with E-state index in [9.17, 15) is 0 Å². The van der Waals surface area contributed by atoms with E-state index in [0.29, 0.717) is 0 Å². The van der Waals surface area contributed by atoms with Gasteiger partial charge in [-0.05, 0) is 47.6 Å². The molecule has 0 saturated carbocycles. The first-order chi connectivity index (χ1) is 7.22. The Kier molecular flexibility index (Phi) is 5.88. The van der Waals surface area contributed by atoms with E-state index < -0.39 is 0 Å². The topological polar surface area (TPSA) is 16.1 Å². The van der Waals surface area contributed by atoms with Gasteiger partial charge in [0.15, 0.2) is 0 Å². The Balaban J connectivity index is 2.34. The minimum absolute atomic E-state index is 0.982. The van der Waals surface area contributed by atoms with Crippen LogP contribution in [0.25, 0.3) is 0 Å². The number of nitrogens with zero attached hydrogens (tertiary/aromatic N) is 2. The number of pyridine rings is 1. The van der Waals surface area contributed by atoms with Gasteiger partial charge < -0.3 is 4.90 Å². The highest BCUT2D eigenvalue weighted by atomic mass is 79.9. The zero-order chi connectivity index (χ0) is 11.1. The number of aromatic nitrogens is 1. The van der Waals surface area contributed by atoms with Crippen LogP contribution in [0.3, 0.4) is 0 Å². The molecule has 2 nitrogen and oxygen atoms in total. The smallest absolute Gasteiger partial charge is 0.0410 e. The molecule has 1 heterocycles. The molecule has 1 rings (SSSR count). The van der Waals surface area contributed by atoms with Crippen LogP contribution >= 0.6 is 15.9 Å². The Labute approximate surface area is 101 Å². The Morgan fingerprint density at radius 3 is 2.80 bits per heavy atom. The van der Waals surface area contributed by atoms with E-state index in [2.05, 4.69) is 45.9 Å². The van der Waals surface area contributed by atoms with Gasteiger partial charge in [-0.15, -0.1) is 0 Å². The number of hydrogen-bond acceptors (Lipinski definition) is 2. The third kappa shape index (κ3) is 5.28. The highest BCUT2D eigenvalue weighted by Gasteiger charge is 2.00. The molecular formula is C12H19BrN2. The van der Waals surface area contributed by atoms with E-state index in [1.807, 2.05) is 12.4 Å². The monoisotopic (exact) mass is 270 g/mol. The van der Waals surface area contributed by atoms with Crippen LogP contribution in [0.5, 0.6) is 0 Å². The van der Waals surface area contributed by atoms with Crippen LogP contribution in [-0.2, 0) is 6.54 Å². The summed E-state index contributed by atoms with van der Waals surface area (Å²) in [6.07, 6.45) is 7.64. The lowest BCUT2D eigenvalue weighted by atomic mass is 10.2. The predicted octanol–water partition coefficient (Wildman–Crippen LogP) is 3.47. The fraction of sp³-hybridized carbons (Fsp3) is 0.583. The van der Waals surface area contributed by atoms with Crippen LogP contribution in [0, 0.1) is 0 Å². The second-order valence-electron chi connectivity index (χ2n) is 3.96. The summed E-state index contributed by atoms with van der Waals surface area (Å²) in [5.74, 6) is 0. The molecule has 0 saturated heterocycles. The summed E-state index contributed by atoms with van der Waals surface area (Å²) in [5, 5.41) is 0. The summed E-state index contributed by atoms with van der Waals surface area (Å²) in [6.45, 7) is 4.38. The van der Waals surface area contributed by atoms with Gasteiger partial charge in [0.2, 0.25) is 0 Å². The lowest BCUT2D eigenvalue weighted by Crippen LogP contribution is -2.19. The van der Waals surface area contributed by atoms with Crippen molar-refractivity contribution in [1.82, 2.24) is 9.88 Å². The van der Waals surface area contributed by atoms with Crippen molar-refractivity contribution in [3.05, 3.63) is 28.5 Å². The first-order valence-corrected chi connectivity index (χ1v) is 6.29. The van der Waals surface area contributed by atoms with Crippen LogP contribution in [0.15, 0.2) is 22.9 Å². The van der Waals surface area contributed by atoms with Crippen LogP contribution in [0.4, 0.5) is 0 Å². The first-order valence-electron chi connectivity index (χ1n) is 5.50. The summed E-state index contributed by atoms with van der Waals surface area (Å²) >= 11 is 3.43. The fourth-order valence-corrected chi connectivity index (χ4v) is 1.98. The zero-order valence-electron chi connectivity index (χ0n) is 9.54. The van der Waals surface area contributed by atoms with Gasteiger partial charge in [-0.25, -0.2) is 0 Å². The average Bonchev–Trinajstić information content (AvgIpc) is 2.18. The first kappa shape index (κ1) is 12.7. The number of unbranched alkanes of at least 4 members (excludes halogenated alkanes) is 2. The summed E-state index contributed by atoms with van der Waals surface area (Å²) in [7, 11) is 2.16. The Morgan fingerprint density at radius 1 is 1.33 bits per heavy atom. The molecule has 3 heteroatoms. The van der Waals surface area contributed by atoms with Gasteiger partial charge in [-0.3, -0.25) is 4.98 Å². The van der Waals surface area contributed by atoms with Crippen molar-refractivity contribution in [1.29, 1.82) is 0 Å². The molecule has 0 N–H and O–H groups in total. The predicted molar refractivity (Wildman–Crippen MR) is 67.8 cm³/mol. The SMILES string of the molecule is CCCCCN(C)Cc1cncc(Br)c1. The fourth-order valence-electron chi connectivity index (χ4n) is 1.56. The van der Waals surface area contributed by atoms with Crippen molar-refractivity contribution in [3.63, 3.8) is 0 Å². The van der Waals surface area contributed by atoms with E-state index in [4.69, 9.17) is 0 Å². The van der Waals surface area contributed by atoms with E-state index in [0.717, 1.165) is 11.0 Å². The third-order valence-corrected chi connectivity index (χ3v) is 2.79. The van der Waals surface area contributed by atoms with E-state index in [-0.39, 0.29) is 0 Å². The van der Waals surface area contributed by atoms with Crippen LogP contribution in [-0.4, -0.2) is 23.5 Å². The molecule has 0 unspecified atom stereocenters. The molecule has 0 aromatic carbocycles. The van der Waals surface area contributed by atoms with Gasteiger partial charge in [0.25, 0.3) is 0 Å². The lowest BCUT2D eigenvalue weighted by molar-refractivity contribution is 0.318. The second kappa shape index (κ2) is 6.96. The molecule has 1 aromatic heterocycles. The summed E-state index contributed by atoms with van der Waals surface area (Å²) in [4.78, 5) is 6.51. The molecule has 1 aromatic rings. The molecule has 0 aliphatic rings. The van der Waals surface area contributed by atoms with Crippen molar-refractivity contribution < 1.29 is 0 Å². The number of halogens is 1. The number of rotatable bonds is 6. The van der Waals surface area contributed by atoms with E-state index in [1.165, 1.54) is 31.4 Å². The molecule has 0 bridgehead atoms. The standard InChI is InChI=1S/C12H19BrN2/c1-3-4-5-6-15(2)10-11-7-12(13)9-14-8-11/h7-9H,3-6,10H2,1-2H3. The molecular weight excluding hydrogens is 252 g/mol. The minimum Gasteiger partial charge on any atom is -0.302 e. The quantitative estimate of drug-likeness (QED) is 0.736. The van der Waals surface area contributed by atoms with Crippen molar-refractivity contribution in [2.45, 2.75) is 32.7 Å².